The van der Waals surface area contributed by atoms with E-state index in [1.807, 2.05) is 37.3 Å². The molecule has 8 nitrogen and oxygen atoms in total. The van der Waals surface area contributed by atoms with E-state index in [0.29, 0.717) is 16.9 Å². The fourth-order valence-corrected chi connectivity index (χ4v) is 2.39. The van der Waals surface area contributed by atoms with Crippen LogP contribution in [0.25, 0.3) is 10.9 Å². The van der Waals surface area contributed by atoms with Gasteiger partial charge in [0.1, 0.15) is 6.61 Å². The van der Waals surface area contributed by atoms with E-state index in [4.69, 9.17) is 16.2 Å². The van der Waals surface area contributed by atoms with Gasteiger partial charge >= 0.3 is 6.09 Å². The lowest BCUT2D eigenvalue weighted by Crippen LogP contribution is -2.22. The Kier molecular flexibility index (Phi) is 4.93. The fraction of sp³-hybridized carbons (Fsp3) is 0.111. The zero-order chi connectivity index (χ0) is 18.5. The molecule has 0 atom stereocenters. The van der Waals surface area contributed by atoms with Crippen molar-refractivity contribution in [2.45, 2.75) is 13.5 Å². The minimum atomic E-state index is -0.538. The van der Waals surface area contributed by atoms with Gasteiger partial charge in [0.05, 0.1) is 11.2 Å². The van der Waals surface area contributed by atoms with Gasteiger partial charge in [-0.1, -0.05) is 30.3 Å². The minimum Gasteiger partial charge on any atom is -0.444 e. The maximum atomic E-state index is 12.0. The van der Waals surface area contributed by atoms with Crippen LogP contribution in [0, 0.1) is 6.92 Å². The molecule has 0 aliphatic rings. The number of nitrogens with zero attached hydrogens (tertiary/aromatic N) is 3. The lowest BCUT2D eigenvalue weighted by atomic mass is 10.2. The molecule has 1 heterocycles. The first-order valence-electron chi connectivity index (χ1n) is 7.87. The Morgan fingerprint density at radius 3 is 2.65 bits per heavy atom. The number of nitrogens with one attached hydrogen (secondary N) is 1. The first-order chi connectivity index (χ1) is 12.5. The summed E-state index contributed by atoms with van der Waals surface area (Å²) in [6, 6.07) is 14.7. The third kappa shape index (κ3) is 4.23. The van der Waals surface area contributed by atoms with Crippen LogP contribution in [-0.2, 0) is 11.3 Å². The van der Waals surface area contributed by atoms with Crippen LogP contribution in [0.5, 0.6) is 0 Å². The zero-order valence-electron chi connectivity index (χ0n) is 14.1. The van der Waals surface area contributed by atoms with Crippen molar-refractivity contribution in [3.63, 3.8) is 0 Å². The first-order valence-corrected chi connectivity index (χ1v) is 7.87. The van der Waals surface area contributed by atoms with Gasteiger partial charge in [-0.05, 0) is 30.7 Å². The summed E-state index contributed by atoms with van der Waals surface area (Å²) < 4.78 is 5.21. The molecule has 0 aliphatic heterocycles. The van der Waals surface area contributed by atoms with Crippen molar-refractivity contribution in [1.29, 1.82) is 0 Å². The number of hydrogen-bond donors (Lipinski definition) is 3. The number of amides is 1. The highest BCUT2D eigenvalue weighted by Crippen LogP contribution is 2.22. The van der Waals surface area contributed by atoms with E-state index in [0.717, 1.165) is 10.9 Å². The van der Waals surface area contributed by atoms with E-state index < -0.39 is 6.09 Å². The summed E-state index contributed by atoms with van der Waals surface area (Å²) in [6.45, 7) is 2.01. The van der Waals surface area contributed by atoms with E-state index in [1.165, 1.54) is 0 Å². The number of nitrogens with two attached hydrogens (primary N) is 2. The van der Waals surface area contributed by atoms with E-state index in [9.17, 15) is 4.79 Å². The van der Waals surface area contributed by atoms with Gasteiger partial charge in [-0.2, -0.15) is 4.99 Å². The summed E-state index contributed by atoms with van der Waals surface area (Å²) >= 11 is 0. The molecule has 0 saturated carbocycles. The number of aryl methyl sites for hydroxylation is 1. The number of guanidine groups is 1. The van der Waals surface area contributed by atoms with Crippen LogP contribution in [-0.4, -0.2) is 22.0 Å². The van der Waals surface area contributed by atoms with Gasteiger partial charge < -0.3 is 16.2 Å². The molecule has 0 spiro atoms. The number of rotatable bonds is 4. The van der Waals surface area contributed by atoms with Crippen LogP contribution in [0.2, 0.25) is 0 Å². The van der Waals surface area contributed by atoms with E-state index in [-0.39, 0.29) is 18.5 Å². The maximum absolute atomic E-state index is 12.0. The van der Waals surface area contributed by atoms with E-state index >= 15 is 0 Å². The molecule has 3 rings (SSSR count). The summed E-state index contributed by atoms with van der Waals surface area (Å²) in [6.07, 6.45) is -0.538. The van der Waals surface area contributed by atoms with Crippen molar-refractivity contribution in [3.05, 3.63) is 59.8 Å². The Morgan fingerprint density at radius 2 is 1.92 bits per heavy atom. The van der Waals surface area contributed by atoms with Crippen molar-refractivity contribution in [2.75, 3.05) is 5.32 Å². The Hall–Kier alpha value is -3.68. The predicted octanol–water partition coefficient (Wildman–Crippen LogP) is 2.59. The topological polar surface area (TPSA) is 129 Å². The molecule has 5 N–H and O–H groups in total. The van der Waals surface area contributed by atoms with Gasteiger partial charge in [0.15, 0.2) is 5.96 Å². The molecule has 1 aromatic heterocycles. The summed E-state index contributed by atoms with van der Waals surface area (Å²) in [7, 11) is 0. The van der Waals surface area contributed by atoms with Crippen LogP contribution in [0.3, 0.4) is 0 Å². The summed E-state index contributed by atoms with van der Waals surface area (Å²) in [5.74, 6) is 0.0844. The number of aromatic nitrogens is 2. The molecule has 0 saturated heterocycles. The standard InChI is InChI=1S/C18H18N6O2/c1-11-14-9-13(7-8-15(14)23-17(21-11)24-16(19)20)22-18(25)26-10-12-5-3-2-4-6-12/h2-9H,10H2,1H3,(H,22,25)(H4,19,20,21,23,24). The highest BCUT2D eigenvalue weighted by atomic mass is 16.5. The average molecular weight is 350 g/mol. The number of benzene rings is 2. The molecule has 0 aliphatic carbocycles. The van der Waals surface area contributed by atoms with Crippen molar-refractivity contribution >= 4 is 34.6 Å². The molecule has 0 unspecified atom stereocenters. The smallest absolute Gasteiger partial charge is 0.411 e. The number of ether oxygens (including phenoxy) is 1. The molecule has 0 fully saturated rings. The van der Waals surface area contributed by atoms with Gasteiger partial charge in [-0.3, -0.25) is 5.32 Å². The molecule has 1 amide bonds. The molecule has 8 heteroatoms. The largest absolute Gasteiger partial charge is 0.444 e. The SMILES string of the molecule is Cc1nc(N=C(N)N)nc2ccc(NC(=O)OCc3ccccc3)cc12. The van der Waals surface area contributed by atoms with E-state index in [1.54, 1.807) is 18.2 Å². The summed E-state index contributed by atoms with van der Waals surface area (Å²) in [5, 5.41) is 3.47. The monoisotopic (exact) mass is 350 g/mol. The normalized spacial score (nSPS) is 10.3. The van der Waals surface area contributed by atoms with Crippen LogP contribution in [0.4, 0.5) is 16.4 Å². The highest BCUT2D eigenvalue weighted by molar-refractivity contribution is 5.91. The second-order valence-corrected chi connectivity index (χ2v) is 5.56. The molecule has 0 bridgehead atoms. The Labute approximate surface area is 149 Å². The molecule has 26 heavy (non-hydrogen) atoms. The molecule has 0 radical (unpaired) electrons. The first kappa shape index (κ1) is 17.2. The highest BCUT2D eigenvalue weighted by Gasteiger charge is 2.08. The van der Waals surface area contributed by atoms with Gasteiger partial charge in [0.25, 0.3) is 5.95 Å². The van der Waals surface area contributed by atoms with Crippen LogP contribution >= 0.6 is 0 Å². The second kappa shape index (κ2) is 7.47. The van der Waals surface area contributed by atoms with Gasteiger partial charge in [0.2, 0.25) is 0 Å². The molecule has 2 aromatic carbocycles. The average Bonchev–Trinajstić information content (AvgIpc) is 2.61. The Balaban J connectivity index is 1.73. The summed E-state index contributed by atoms with van der Waals surface area (Å²) in [4.78, 5) is 24.3. The summed E-state index contributed by atoms with van der Waals surface area (Å²) in [5.41, 5.74) is 13.6. The van der Waals surface area contributed by atoms with Gasteiger partial charge in [0, 0.05) is 11.1 Å². The molecular weight excluding hydrogens is 332 g/mol. The number of carbonyl (C=O) groups is 1. The van der Waals surface area contributed by atoms with Crippen molar-refractivity contribution in [2.24, 2.45) is 16.5 Å². The lowest BCUT2D eigenvalue weighted by Gasteiger charge is -2.09. The fourth-order valence-electron chi connectivity index (χ4n) is 2.39. The molecule has 132 valence electrons. The van der Waals surface area contributed by atoms with Crippen molar-refractivity contribution in [1.82, 2.24) is 9.97 Å². The van der Waals surface area contributed by atoms with Gasteiger partial charge in [-0.25, -0.2) is 14.8 Å². The van der Waals surface area contributed by atoms with Crippen molar-refractivity contribution in [3.8, 4) is 0 Å². The number of carbonyl (C=O) groups excluding carboxylic acids is 1. The quantitative estimate of drug-likeness (QED) is 0.490. The molecule has 3 aromatic rings. The number of aliphatic imine (C=N–C) groups is 1. The predicted molar refractivity (Wildman–Crippen MR) is 100.0 cm³/mol. The molecular formula is C18H18N6O2. The number of anilines is 1. The van der Waals surface area contributed by atoms with Crippen LogP contribution in [0.1, 0.15) is 11.3 Å². The minimum absolute atomic E-state index is 0.108. The van der Waals surface area contributed by atoms with E-state index in [2.05, 4.69) is 20.3 Å². The van der Waals surface area contributed by atoms with Crippen LogP contribution in [0.15, 0.2) is 53.5 Å². The number of hydrogen-bond acceptors (Lipinski definition) is 5. The number of fused-ring (bicyclic) bond motifs is 1. The third-order valence-electron chi connectivity index (χ3n) is 3.56. The second-order valence-electron chi connectivity index (χ2n) is 5.56. The maximum Gasteiger partial charge on any atom is 0.411 e. The van der Waals surface area contributed by atoms with Crippen LogP contribution < -0.4 is 16.8 Å². The zero-order valence-corrected chi connectivity index (χ0v) is 14.1. The Morgan fingerprint density at radius 1 is 1.15 bits per heavy atom. The third-order valence-corrected chi connectivity index (χ3v) is 3.56. The van der Waals surface area contributed by atoms with Crippen molar-refractivity contribution < 1.29 is 9.53 Å². The Bertz CT molecular complexity index is 968. The van der Waals surface area contributed by atoms with Gasteiger partial charge in [-0.15, -0.1) is 0 Å². The lowest BCUT2D eigenvalue weighted by molar-refractivity contribution is 0.155.